The summed E-state index contributed by atoms with van der Waals surface area (Å²) in [4.78, 5) is 16.9. The second-order valence-corrected chi connectivity index (χ2v) is 7.42. The van der Waals surface area contributed by atoms with Gasteiger partial charge in [-0.15, -0.1) is 0 Å². The number of carbonyl (C=O) groups is 1. The first-order chi connectivity index (χ1) is 14.6. The highest BCUT2D eigenvalue weighted by atomic mass is 16.7. The Hall–Kier alpha value is -3.50. The van der Waals surface area contributed by atoms with Crippen LogP contribution in [0.15, 0.2) is 54.2 Å². The van der Waals surface area contributed by atoms with Crippen LogP contribution in [-0.2, 0) is 11.3 Å². The van der Waals surface area contributed by atoms with Gasteiger partial charge in [0, 0.05) is 44.6 Å². The molecule has 30 heavy (non-hydrogen) atoms. The van der Waals surface area contributed by atoms with Crippen LogP contribution in [0.4, 0.5) is 5.69 Å². The standard InChI is InChI=1S/C23H24N4O3/c1-17-4-2-3-5-20(17)25-23(28)19(13-24)15-27-10-8-26(9-11-27)14-18-6-7-21-22(12-18)30-16-29-21/h2-7,12,15H,8-11,14,16H2,1H3,(H,25,28)/b19-15-. The zero-order valence-electron chi connectivity index (χ0n) is 16.9. The normalized spacial score (nSPS) is 16.3. The number of fused-ring (bicyclic) bond motifs is 1. The van der Waals surface area contributed by atoms with Gasteiger partial charge in [-0.3, -0.25) is 9.69 Å². The van der Waals surface area contributed by atoms with Gasteiger partial charge in [0.25, 0.3) is 5.91 Å². The third-order valence-corrected chi connectivity index (χ3v) is 5.32. The number of nitrogens with zero attached hydrogens (tertiary/aromatic N) is 3. The van der Waals surface area contributed by atoms with Gasteiger partial charge in [-0.2, -0.15) is 5.26 Å². The van der Waals surface area contributed by atoms with Crippen LogP contribution in [0.1, 0.15) is 11.1 Å². The van der Waals surface area contributed by atoms with E-state index in [-0.39, 0.29) is 18.3 Å². The molecule has 1 saturated heterocycles. The molecule has 2 aliphatic heterocycles. The number of para-hydroxylation sites is 1. The van der Waals surface area contributed by atoms with Gasteiger partial charge in [0.1, 0.15) is 11.6 Å². The van der Waals surface area contributed by atoms with Crippen molar-refractivity contribution in [3.05, 3.63) is 65.4 Å². The summed E-state index contributed by atoms with van der Waals surface area (Å²) in [6.07, 6.45) is 1.67. The molecular formula is C23H24N4O3. The van der Waals surface area contributed by atoms with Crippen molar-refractivity contribution in [3.63, 3.8) is 0 Å². The van der Waals surface area contributed by atoms with Crippen LogP contribution >= 0.6 is 0 Å². The van der Waals surface area contributed by atoms with Crippen molar-refractivity contribution in [2.24, 2.45) is 0 Å². The zero-order valence-corrected chi connectivity index (χ0v) is 16.9. The number of nitrogens with one attached hydrogen (secondary N) is 1. The lowest BCUT2D eigenvalue weighted by Crippen LogP contribution is -2.43. The fourth-order valence-electron chi connectivity index (χ4n) is 3.57. The lowest BCUT2D eigenvalue weighted by Gasteiger charge is -2.34. The molecule has 2 aliphatic rings. The average Bonchev–Trinajstić information content (AvgIpc) is 3.22. The first-order valence-electron chi connectivity index (χ1n) is 9.96. The topological polar surface area (TPSA) is 77.8 Å². The summed E-state index contributed by atoms with van der Waals surface area (Å²) in [5.41, 5.74) is 2.97. The van der Waals surface area contributed by atoms with Crippen molar-refractivity contribution < 1.29 is 14.3 Å². The summed E-state index contributed by atoms with van der Waals surface area (Å²) >= 11 is 0. The Labute approximate surface area is 176 Å². The summed E-state index contributed by atoms with van der Waals surface area (Å²) < 4.78 is 10.8. The zero-order chi connectivity index (χ0) is 20.9. The number of carbonyl (C=O) groups excluding carboxylic acids is 1. The van der Waals surface area contributed by atoms with E-state index in [2.05, 4.69) is 16.3 Å². The molecule has 0 saturated carbocycles. The van der Waals surface area contributed by atoms with Crippen molar-refractivity contribution in [1.82, 2.24) is 9.80 Å². The molecule has 0 bridgehead atoms. The molecule has 2 aromatic carbocycles. The molecule has 0 unspecified atom stereocenters. The number of anilines is 1. The molecule has 2 heterocycles. The van der Waals surface area contributed by atoms with Crippen molar-refractivity contribution in [2.45, 2.75) is 13.5 Å². The van der Waals surface area contributed by atoms with Crippen molar-refractivity contribution in [3.8, 4) is 17.6 Å². The smallest absolute Gasteiger partial charge is 0.267 e. The molecule has 1 fully saturated rings. The van der Waals surface area contributed by atoms with Gasteiger partial charge < -0.3 is 19.7 Å². The van der Waals surface area contributed by atoms with E-state index < -0.39 is 0 Å². The van der Waals surface area contributed by atoms with Gasteiger partial charge >= 0.3 is 0 Å². The number of hydrogen-bond acceptors (Lipinski definition) is 6. The molecule has 4 rings (SSSR count). The van der Waals surface area contributed by atoms with Crippen LogP contribution < -0.4 is 14.8 Å². The van der Waals surface area contributed by atoms with E-state index in [9.17, 15) is 10.1 Å². The van der Waals surface area contributed by atoms with E-state index in [0.717, 1.165) is 55.5 Å². The minimum atomic E-state index is -0.380. The lowest BCUT2D eigenvalue weighted by atomic mass is 10.1. The highest BCUT2D eigenvalue weighted by Crippen LogP contribution is 2.32. The maximum absolute atomic E-state index is 12.5. The number of amides is 1. The van der Waals surface area contributed by atoms with E-state index in [0.29, 0.717) is 0 Å². The Morgan fingerprint density at radius 2 is 1.90 bits per heavy atom. The average molecular weight is 404 g/mol. The summed E-state index contributed by atoms with van der Waals surface area (Å²) in [5, 5.41) is 12.3. The van der Waals surface area contributed by atoms with Crippen molar-refractivity contribution in [2.75, 3.05) is 38.3 Å². The Morgan fingerprint density at radius 1 is 1.13 bits per heavy atom. The second-order valence-electron chi connectivity index (χ2n) is 7.42. The quantitative estimate of drug-likeness (QED) is 0.610. The van der Waals surface area contributed by atoms with E-state index in [4.69, 9.17) is 9.47 Å². The Kier molecular flexibility index (Phi) is 5.87. The first-order valence-corrected chi connectivity index (χ1v) is 9.96. The van der Waals surface area contributed by atoms with Crippen LogP contribution in [0, 0.1) is 18.3 Å². The number of nitriles is 1. The summed E-state index contributed by atoms with van der Waals surface area (Å²) in [6, 6.07) is 15.6. The van der Waals surface area contributed by atoms with Gasteiger partial charge in [0.05, 0.1) is 0 Å². The largest absolute Gasteiger partial charge is 0.454 e. The fraction of sp³-hybridized carbons (Fsp3) is 0.304. The molecule has 7 nitrogen and oxygen atoms in total. The maximum Gasteiger partial charge on any atom is 0.267 e. The lowest BCUT2D eigenvalue weighted by molar-refractivity contribution is -0.112. The number of ether oxygens (including phenoxy) is 2. The molecule has 0 aromatic heterocycles. The minimum Gasteiger partial charge on any atom is -0.454 e. The highest BCUT2D eigenvalue weighted by molar-refractivity contribution is 6.06. The third-order valence-electron chi connectivity index (χ3n) is 5.32. The maximum atomic E-state index is 12.5. The van der Waals surface area contributed by atoms with Crippen molar-refractivity contribution in [1.29, 1.82) is 5.26 Å². The van der Waals surface area contributed by atoms with Crippen molar-refractivity contribution >= 4 is 11.6 Å². The molecule has 1 amide bonds. The summed E-state index contributed by atoms with van der Waals surface area (Å²) in [5.74, 6) is 1.21. The molecule has 0 aliphatic carbocycles. The molecule has 0 spiro atoms. The van der Waals surface area contributed by atoms with E-state index >= 15 is 0 Å². The van der Waals surface area contributed by atoms with Gasteiger partial charge in [0.15, 0.2) is 11.5 Å². The SMILES string of the molecule is Cc1ccccc1NC(=O)/C(C#N)=C\N1CCN(Cc2ccc3c(c2)OCO3)CC1. The molecule has 0 atom stereocenters. The molecule has 2 aromatic rings. The number of aryl methyl sites for hydroxylation is 1. The molecule has 0 radical (unpaired) electrons. The Bertz CT molecular complexity index is 1000. The second kappa shape index (κ2) is 8.89. The predicted octanol–water partition coefficient (Wildman–Crippen LogP) is 2.89. The van der Waals surface area contributed by atoms with Crippen LogP contribution in [-0.4, -0.2) is 48.7 Å². The number of rotatable bonds is 5. The van der Waals surface area contributed by atoms with Crippen LogP contribution in [0.5, 0.6) is 11.5 Å². The van der Waals surface area contributed by atoms with Gasteiger partial charge in [0.2, 0.25) is 6.79 Å². The van der Waals surface area contributed by atoms with E-state index in [1.807, 2.05) is 54.3 Å². The van der Waals surface area contributed by atoms with E-state index in [1.165, 1.54) is 5.56 Å². The summed E-state index contributed by atoms with van der Waals surface area (Å²) in [7, 11) is 0. The van der Waals surface area contributed by atoms with E-state index in [1.54, 1.807) is 6.20 Å². The monoisotopic (exact) mass is 404 g/mol. The van der Waals surface area contributed by atoms with Gasteiger partial charge in [-0.1, -0.05) is 24.3 Å². The fourth-order valence-corrected chi connectivity index (χ4v) is 3.57. The number of benzene rings is 2. The van der Waals surface area contributed by atoms with Crippen LogP contribution in [0.2, 0.25) is 0 Å². The molecule has 154 valence electrons. The van der Waals surface area contributed by atoms with Crippen LogP contribution in [0.25, 0.3) is 0 Å². The molecular weight excluding hydrogens is 380 g/mol. The first kappa shape index (κ1) is 19.8. The predicted molar refractivity (Wildman–Crippen MR) is 113 cm³/mol. The molecule has 1 N–H and O–H groups in total. The Morgan fingerprint density at radius 3 is 2.67 bits per heavy atom. The third kappa shape index (κ3) is 4.56. The number of hydrogen-bond donors (Lipinski definition) is 1. The number of piperazine rings is 1. The Balaban J connectivity index is 1.32. The van der Waals surface area contributed by atoms with Crippen LogP contribution in [0.3, 0.4) is 0 Å². The van der Waals surface area contributed by atoms with Gasteiger partial charge in [-0.05, 0) is 36.2 Å². The highest BCUT2D eigenvalue weighted by Gasteiger charge is 2.19. The minimum absolute atomic E-state index is 0.113. The van der Waals surface area contributed by atoms with Gasteiger partial charge in [-0.25, -0.2) is 0 Å². The summed E-state index contributed by atoms with van der Waals surface area (Å²) in [6.45, 7) is 6.24. The molecule has 7 heteroatoms.